The van der Waals surface area contributed by atoms with Gasteiger partial charge >= 0.3 is 0 Å². The number of carbonyl (C=O) groups is 2. The van der Waals surface area contributed by atoms with E-state index in [4.69, 9.17) is 0 Å². The van der Waals surface area contributed by atoms with Gasteiger partial charge in [0.05, 0.1) is 0 Å². The van der Waals surface area contributed by atoms with Crippen LogP contribution in [0.2, 0.25) is 0 Å². The van der Waals surface area contributed by atoms with Crippen LogP contribution in [-0.4, -0.2) is 34.9 Å². The molecule has 0 radical (unpaired) electrons. The van der Waals surface area contributed by atoms with Crippen molar-refractivity contribution in [2.45, 2.75) is 84.1 Å². The molecular formula is C24H38N2O4. The maximum absolute atomic E-state index is 13.1. The van der Waals surface area contributed by atoms with Gasteiger partial charge in [-0.3, -0.25) is 9.59 Å². The van der Waals surface area contributed by atoms with Crippen molar-refractivity contribution in [1.82, 2.24) is 5.32 Å². The van der Waals surface area contributed by atoms with E-state index in [9.17, 15) is 14.7 Å². The van der Waals surface area contributed by atoms with Crippen molar-refractivity contribution < 1.29 is 20.2 Å². The fourth-order valence-electron chi connectivity index (χ4n) is 4.70. The van der Waals surface area contributed by atoms with Crippen LogP contribution >= 0.6 is 0 Å². The number of aromatic hydroxyl groups is 1. The number of rotatable bonds is 2. The predicted molar refractivity (Wildman–Crippen MR) is 120 cm³/mol. The lowest BCUT2D eigenvalue weighted by Crippen LogP contribution is -2.55. The van der Waals surface area contributed by atoms with Crippen molar-refractivity contribution in [3.05, 3.63) is 23.3 Å². The molecule has 3 unspecified atom stereocenters. The molecule has 168 valence electrons. The van der Waals surface area contributed by atoms with E-state index in [2.05, 4.69) is 52.2 Å². The van der Waals surface area contributed by atoms with Crippen LogP contribution in [0.5, 0.6) is 5.75 Å². The Balaban J connectivity index is 0.00000320. The number of hydrogen-bond acceptors (Lipinski definition) is 4. The lowest BCUT2D eigenvalue weighted by atomic mass is 9.75. The normalized spacial score (nSPS) is 24.6. The summed E-state index contributed by atoms with van der Waals surface area (Å²) < 4.78 is 0. The number of Topliss-reactive ketones (excluding diaryl/α,β-unsaturated/α-hetero) is 1. The lowest BCUT2D eigenvalue weighted by molar-refractivity contribution is -0.137. The highest BCUT2D eigenvalue weighted by Gasteiger charge is 2.42. The number of carbonyl (C=O) groups excluding carboxylic acids is 2. The number of phenols is 1. The van der Waals surface area contributed by atoms with Crippen molar-refractivity contribution in [2.24, 2.45) is 11.8 Å². The van der Waals surface area contributed by atoms with Crippen molar-refractivity contribution in [3.8, 4) is 5.75 Å². The first-order valence-corrected chi connectivity index (χ1v) is 10.9. The van der Waals surface area contributed by atoms with Gasteiger partial charge < -0.3 is 21.2 Å². The van der Waals surface area contributed by atoms with Gasteiger partial charge in [-0.25, -0.2) is 0 Å². The summed E-state index contributed by atoms with van der Waals surface area (Å²) in [4.78, 5) is 26.0. The molecule has 1 aliphatic carbocycles. The Hall–Kier alpha value is -1.92. The first kappa shape index (κ1) is 24.4. The second-order valence-electron chi connectivity index (χ2n) is 10.8. The topological polar surface area (TPSA) is 110 Å². The third kappa shape index (κ3) is 4.86. The number of nitrogens with one attached hydrogen (secondary N) is 2. The summed E-state index contributed by atoms with van der Waals surface area (Å²) in [5.41, 5.74) is 1.96. The van der Waals surface area contributed by atoms with Crippen LogP contribution in [0.25, 0.3) is 0 Å². The number of ketones is 1. The lowest BCUT2D eigenvalue weighted by Gasteiger charge is -2.38. The molecule has 1 heterocycles. The third-order valence-electron chi connectivity index (χ3n) is 6.39. The number of benzene rings is 1. The molecule has 3 rings (SSSR count). The maximum Gasteiger partial charge on any atom is 0.236 e. The van der Waals surface area contributed by atoms with E-state index in [0.29, 0.717) is 12.2 Å². The van der Waals surface area contributed by atoms with Crippen LogP contribution in [0.15, 0.2) is 12.1 Å². The number of piperidine rings is 1. The van der Waals surface area contributed by atoms with Gasteiger partial charge in [0.25, 0.3) is 0 Å². The predicted octanol–water partition coefficient (Wildman–Crippen LogP) is 3.45. The van der Waals surface area contributed by atoms with Crippen LogP contribution < -0.4 is 10.6 Å². The van der Waals surface area contributed by atoms with Gasteiger partial charge in [0.2, 0.25) is 5.91 Å². The molecule has 1 aromatic carbocycles. The van der Waals surface area contributed by atoms with E-state index >= 15 is 0 Å². The average molecular weight is 419 g/mol. The zero-order valence-electron chi connectivity index (χ0n) is 19.2. The first-order chi connectivity index (χ1) is 13.4. The van der Waals surface area contributed by atoms with E-state index in [1.54, 1.807) is 6.07 Å². The molecule has 2 aliphatic rings. The summed E-state index contributed by atoms with van der Waals surface area (Å²) in [6.45, 7) is 12.8. The second-order valence-corrected chi connectivity index (χ2v) is 10.8. The van der Waals surface area contributed by atoms with Gasteiger partial charge in [-0.2, -0.15) is 0 Å². The molecule has 6 nitrogen and oxygen atoms in total. The zero-order valence-corrected chi connectivity index (χ0v) is 19.2. The molecule has 1 aromatic rings. The smallest absolute Gasteiger partial charge is 0.236 e. The van der Waals surface area contributed by atoms with Gasteiger partial charge in [0.1, 0.15) is 11.7 Å². The molecule has 0 bridgehead atoms. The summed E-state index contributed by atoms with van der Waals surface area (Å²) in [5, 5.41) is 17.0. The Labute approximate surface area is 180 Å². The Bertz CT molecular complexity index is 805. The summed E-state index contributed by atoms with van der Waals surface area (Å²) in [6, 6.07) is 3.85. The molecule has 1 aliphatic heterocycles. The summed E-state index contributed by atoms with van der Waals surface area (Å²) >= 11 is 0. The highest BCUT2D eigenvalue weighted by atomic mass is 16.3. The van der Waals surface area contributed by atoms with Gasteiger partial charge in [-0.05, 0) is 40.9 Å². The molecule has 0 spiro atoms. The monoisotopic (exact) mass is 418 g/mol. The second kappa shape index (κ2) is 8.67. The van der Waals surface area contributed by atoms with Gasteiger partial charge in [-0.15, -0.1) is 0 Å². The Morgan fingerprint density at radius 3 is 2.23 bits per heavy atom. The standard InChI is InChI=1S/C24H36N2O3.H2O/c1-23(2,3)16-11-17(24(4,5)6)20(27)12-19(16)26-22(29)15-13-25-18-10-8-7-9-14(18)21(15)28;/h11-12,14-15,18,25,27H,7-10,13H2,1-6H3,(H,26,29);1H2. The van der Waals surface area contributed by atoms with Crippen LogP contribution in [0.1, 0.15) is 78.4 Å². The van der Waals surface area contributed by atoms with Crippen molar-refractivity contribution >= 4 is 17.4 Å². The van der Waals surface area contributed by atoms with E-state index in [0.717, 1.165) is 36.8 Å². The van der Waals surface area contributed by atoms with E-state index in [-0.39, 0.29) is 45.7 Å². The SMILES string of the molecule is CC(C)(C)c1cc(C(C)(C)C)c(NC(=O)C2CNC3CCCCC3C2=O)cc1O.O. The minimum absolute atomic E-state index is 0. The van der Waals surface area contributed by atoms with E-state index < -0.39 is 5.92 Å². The summed E-state index contributed by atoms with van der Waals surface area (Å²) in [5.74, 6) is -0.765. The number of phenolic OH excluding ortho intramolecular Hbond substituents is 1. The van der Waals surface area contributed by atoms with Gasteiger partial charge in [0, 0.05) is 30.3 Å². The average Bonchev–Trinajstić information content (AvgIpc) is 2.60. The zero-order chi connectivity index (χ0) is 21.6. The fourth-order valence-corrected chi connectivity index (χ4v) is 4.70. The molecule has 30 heavy (non-hydrogen) atoms. The highest BCUT2D eigenvalue weighted by Crippen LogP contribution is 2.40. The van der Waals surface area contributed by atoms with Crippen molar-refractivity contribution in [1.29, 1.82) is 0 Å². The molecule has 5 N–H and O–H groups in total. The van der Waals surface area contributed by atoms with Crippen LogP contribution in [0.3, 0.4) is 0 Å². The Morgan fingerprint density at radius 2 is 1.63 bits per heavy atom. The minimum Gasteiger partial charge on any atom is -0.508 e. The molecule has 1 amide bonds. The Kier molecular flexibility index (Phi) is 7.04. The minimum atomic E-state index is -0.674. The molecule has 0 aromatic heterocycles. The molecular weight excluding hydrogens is 380 g/mol. The number of anilines is 1. The molecule has 2 fully saturated rings. The number of fused-ring (bicyclic) bond motifs is 1. The van der Waals surface area contributed by atoms with E-state index in [1.807, 2.05) is 6.07 Å². The summed E-state index contributed by atoms with van der Waals surface area (Å²) in [7, 11) is 0. The number of hydrogen-bond donors (Lipinski definition) is 3. The van der Waals surface area contributed by atoms with Crippen molar-refractivity contribution in [2.75, 3.05) is 11.9 Å². The molecule has 1 saturated heterocycles. The Morgan fingerprint density at radius 1 is 1.03 bits per heavy atom. The van der Waals surface area contributed by atoms with Gasteiger partial charge in [0.15, 0.2) is 5.78 Å². The largest absolute Gasteiger partial charge is 0.508 e. The highest BCUT2D eigenvalue weighted by molar-refractivity contribution is 6.09. The van der Waals surface area contributed by atoms with Gasteiger partial charge in [-0.1, -0.05) is 54.4 Å². The number of amides is 1. The first-order valence-electron chi connectivity index (χ1n) is 10.9. The fraction of sp³-hybridized carbons (Fsp3) is 0.667. The summed E-state index contributed by atoms with van der Waals surface area (Å²) in [6.07, 6.45) is 4.08. The van der Waals surface area contributed by atoms with Crippen molar-refractivity contribution in [3.63, 3.8) is 0 Å². The molecule has 6 heteroatoms. The molecule has 3 atom stereocenters. The van der Waals surface area contributed by atoms with Crippen LogP contribution in [0.4, 0.5) is 5.69 Å². The third-order valence-corrected chi connectivity index (χ3v) is 6.39. The maximum atomic E-state index is 13.1. The molecule has 1 saturated carbocycles. The van der Waals surface area contributed by atoms with Crippen LogP contribution in [0, 0.1) is 11.8 Å². The quantitative estimate of drug-likeness (QED) is 0.639. The van der Waals surface area contributed by atoms with E-state index in [1.165, 1.54) is 0 Å². The van der Waals surface area contributed by atoms with Crippen LogP contribution in [-0.2, 0) is 20.4 Å².